The van der Waals surface area contributed by atoms with Crippen molar-refractivity contribution in [3.8, 4) is 0 Å². The van der Waals surface area contributed by atoms with Gasteiger partial charge in [0.25, 0.3) is 0 Å². The maximum atomic E-state index is 5.35. The Labute approximate surface area is 87.3 Å². The van der Waals surface area contributed by atoms with Crippen LogP contribution in [0.25, 0.3) is 0 Å². The van der Waals surface area contributed by atoms with Crippen molar-refractivity contribution < 1.29 is 0 Å². The van der Waals surface area contributed by atoms with E-state index in [2.05, 4.69) is 0 Å². The van der Waals surface area contributed by atoms with Crippen LogP contribution < -0.4 is 5.73 Å². The molecule has 2 rings (SSSR count). The van der Waals surface area contributed by atoms with Gasteiger partial charge in [-0.25, -0.2) is 0 Å². The van der Waals surface area contributed by atoms with Gasteiger partial charge in [0.15, 0.2) is 0 Å². The van der Waals surface area contributed by atoms with Crippen LogP contribution >= 0.6 is 0 Å². The largest absolute Gasteiger partial charge is 0.326 e. The summed E-state index contributed by atoms with van der Waals surface area (Å²) in [6.45, 7) is 0.640. The van der Waals surface area contributed by atoms with Crippen molar-refractivity contribution in [2.75, 3.05) is 0 Å². The Morgan fingerprint density at radius 3 is 1.50 bits per heavy atom. The molecule has 0 aliphatic heterocycles. The van der Waals surface area contributed by atoms with E-state index in [0.717, 1.165) is 0 Å². The first kappa shape index (κ1) is 11.3. The summed E-state index contributed by atoms with van der Waals surface area (Å²) in [6, 6.07) is 9.99. The molecule has 1 aromatic carbocycles. The fraction of sp³-hybridized carbons (Fsp3) is 0.538. The van der Waals surface area contributed by atoms with Crippen LogP contribution in [0, 0.1) is 0 Å². The van der Waals surface area contributed by atoms with Crippen LogP contribution in [0.2, 0.25) is 0 Å². The van der Waals surface area contributed by atoms with Crippen molar-refractivity contribution in [1.29, 1.82) is 0 Å². The molecule has 14 heavy (non-hydrogen) atoms. The van der Waals surface area contributed by atoms with Gasteiger partial charge in [-0.2, -0.15) is 0 Å². The molecule has 0 amide bonds. The Hall–Kier alpha value is -0.820. The standard InChI is InChI=1S/C7H9N.C6H12/c8-6-7-4-2-1-3-5-7;1-2-4-6-5-3-1/h1-5H,6,8H2;1-6H2. The van der Waals surface area contributed by atoms with E-state index in [1.165, 1.54) is 44.1 Å². The number of hydrogen-bond acceptors (Lipinski definition) is 1. The van der Waals surface area contributed by atoms with E-state index in [1.807, 2.05) is 30.3 Å². The predicted octanol–water partition coefficient (Wildman–Crippen LogP) is 3.49. The number of hydrogen-bond donors (Lipinski definition) is 1. The Kier molecular flexibility index (Phi) is 6.09. The molecule has 1 aliphatic rings. The molecule has 0 unspecified atom stereocenters. The summed E-state index contributed by atoms with van der Waals surface area (Å²) < 4.78 is 0. The highest BCUT2D eigenvalue weighted by Gasteiger charge is 1.95. The van der Waals surface area contributed by atoms with Gasteiger partial charge in [-0.3, -0.25) is 0 Å². The molecule has 1 aliphatic carbocycles. The van der Waals surface area contributed by atoms with Crippen LogP contribution in [-0.2, 0) is 6.54 Å². The monoisotopic (exact) mass is 191 g/mol. The predicted molar refractivity (Wildman–Crippen MR) is 62.0 cm³/mol. The van der Waals surface area contributed by atoms with Crippen LogP contribution in [0.5, 0.6) is 0 Å². The molecule has 1 aromatic rings. The summed E-state index contributed by atoms with van der Waals surface area (Å²) in [4.78, 5) is 0. The summed E-state index contributed by atoms with van der Waals surface area (Å²) >= 11 is 0. The van der Waals surface area contributed by atoms with E-state index >= 15 is 0 Å². The normalized spacial score (nSPS) is 15.5. The van der Waals surface area contributed by atoms with E-state index in [4.69, 9.17) is 5.73 Å². The third-order valence-electron chi connectivity index (χ3n) is 2.58. The quantitative estimate of drug-likeness (QED) is 0.722. The van der Waals surface area contributed by atoms with Gasteiger partial charge in [0.1, 0.15) is 0 Å². The molecule has 2 N–H and O–H groups in total. The summed E-state index contributed by atoms with van der Waals surface area (Å²) in [7, 11) is 0. The van der Waals surface area contributed by atoms with E-state index < -0.39 is 0 Å². The molecule has 0 radical (unpaired) electrons. The second kappa shape index (κ2) is 7.57. The summed E-state index contributed by atoms with van der Waals surface area (Å²) in [6.07, 6.45) is 9.00. The lowest BCUT2D eigenvalue weighted by molar-refractivity contribution is 0.504. The molecule has 1 nitrogen and oxygen atoms in total. The van der Waals surface area contributed by atoms with Crippen LogP contribution in [0.1, 0.15) is 44.1 Å². The smallest absolute Gasteiger partial charge is 0.0178 e. The lowest BCUT2D eigenvalue weighted by Crippen LogP contribution is -1.94. The van der Waals surface area contributed by atoms with Crippen molar-refractivity contribution >= 4 is 0 Å². The van der Waals surface area contributed by atoms with Crippen LogP contribution in [0.4, 0.5) is 0 Å². The zero-order valence-corrected chi connectivity index (χ0v) is 8.91. The maximum Gasteiger partial charge on any atom is 0.0178 e. The zero-order chi connectivity index (χ0) is 10.1. The highest BCUT2D eigenvalue weighted by Crippen LogP contribution is 2.15. The van der Waals surface area contributed by atoms with Gasteiger partial charge < -0.3 is 5.73 Å². The molecule has 1 saturated carbocycles. The van der Waals surface area contributed by atoms with E-state index in [-0.39, 0.29) is 0 Å². The van der Waals surface area contributed by atoms with Gasteiger partial charge in [-0.05, 0) is 5.56 Å². The first-order chi connectivity index (χ1) is 6.93. The molecule has 0 atom stereocenters. The minimum atomic E-state index is 0.640. The number of rotatable bonds is 1. The van der Waals surface area contributed by atoms with Crippen molar-refractivity contribution in [2.45, 2.75) is 45.1 Å². The van der Waals surface area contributed by atoms with Crippen molar-refractivity contribution in [1.82, 2.24) is 0 Å². The Bertz CT molecular complexity index is 202. The average Bonchev–Trinajstić information content (AvgIpc) is 2.33. The topological polar surface area (TPSA) is 26.0 Å². The van der Waals surface area contributed by atoms with Gasteiger partial charge in [0.05, 0.1) is 0 Å². The number of benzene rings is 1. The molecule has 1 fully saturated rings. The molecule has 0 bridgehead atoms. The van der Waals surface area contributed by atoms with Gasteiger partial charge in [0.2, 0.25) is 0 Å². The molecule has 0 heterocycles. The van der Waals surface area contributed by atoms with Crippen LogP contribution in [0.15, 0.2) is 30.3 Å². The molecular formula is C13H21N. The molecule has 1 heteroatoms. The van der Waals surface area contributed by atoms with E-state index in [1.54, 1.807) is 0 Å². The molecule has 0 aromatic heterocycles. The zero-order valence-electron chi connectivity index (χ0n) is 8.91. The SMILES string of the molecule is C1CCCCC1.NCc1ccccc1. The van der Waals surface area contributed by atoms with Crippen LogP contribution in [-0.4, -0.2) is 0 Å². The van der Waals surface area contributed by atoms with Gasteiger partial charge in [0, 0.05) is 6.54 Å². The van der Waals surface area contributed by atoms with Crippen molar-refractivity contribution in [2.24, 2.45) is 5.73 Å². The summed E-state index contributed by atoms with van der Waals surface area (Å²) in [5.74, 6) is 0. The Morgan fingerprint density at radius 2 is 1.21 bits per heavy atom. The average molecular weight is 191 g/mol. The van der Waals surface area contributed by atoms with Gasteiger partial charge in [-0.15, -0.1) is 0 Å². The third-order valence-corrected chi connectivity index (χ3v) is 2.58. The van der Waals surface area contributed by atoms with Crippen molar-refractivity contribution in [3.05, 3.63) is 35.9 Å². The molecular weight excluding hydrogens is 170 g/mol. The minimum Gasteiger partial charge on any atom is -0.326 e. The molecule has 0 saturated heterocycles. The Morgan fingerprint density at radius 1 is 0.786 bits per heavy atom. The van der Waals surface area contributed by atoms with Crippen molar-refractivity contribution in [3.63, 3.8) is 0 Å². The number of nitrogens with two attached hydrogens (primary N) is 1. The molecule has 78 valence electrons. The fourth-order valence-electron chi connectivity index (χ4n) is 1.67. The lowest BCUT2D eigenvalue weighted by atomic mass is 10.0. The second-order valence-electron chi connectivity index (χ2n) is 3.81. The van der Waals surface area contributed by atoms with Gasteiger partial charge in [-0.1, -0.05) is 68.9 Å². The highest BCUT2D eigenvalue weighted by molar-refractivity contribution is 5.13. The van der Waals surface area contributed by atoms with Crippen LogP contribution in [0.3, 0.4) is 0 Å². The Balaban J connectivity index is 0.000000146. The first-order valence-electron chi connectivity index (χ1n) is 5.67. The lowest BCUT2D eigenvalue weighted by Gasteiger charge is -2.05. The van der Waals surface area contributed by atoms with E-state index in [0.29, 0.717) is 6.54 Å². The fourth-order valence-corrected chi connectivity index (χ4v) is 1.67. The minimum absolute atomic E-state index is 0.640. The van der Waals surface area contributed by atoms with E-state index in [9.17, 15) is 0 Å². The summed E-state index contributed by atoms with van der Waals surface area (Å²) in [5, 5.41) is 0. The second-order valence-corrected chi connectivity index (χ2v) is 3.81. The first-order valence-corrected chi connectivity index (χ1v) is 5.67. The highest BCUT2D eigenvalue weighted by atomic mass is 14.5. The van der Waals surface area contributed by atoms with Gasteiger partial charge >= 0.3 is 0 Å². The molecule has 0 spiro atoms. The summed E-state index contributed by atoms with van der Waals surface area (Å²) in [5.41, 5.74) is 6.54. The maximum absolute atomic E-state index is 5.35. The third kappa shape index (κ3) is 5.03.